The normalized spacial score (nSPS) is 19.2. The van der Waals surface area contributed by atoms with Crippen LogP contribution in [-0.4, -0.2) is 44.5 Å². The molecule has 3 N–H and O–H groups in total. The van der Waals surface area contributed by atoms with Crippen molar-refractivity contribution in [3.05, 3.63) is 30.3 Å². The highest BCUT2D eigenvalue weighted by Crippen LogP contribution is 2.23. The molecule has 1 aromatic rings. The highest BCUT2D eigenvalue weighted by Gasteiger charge is 2.22. The largest absolute Gasteiger partial charge is 0.360 e. The molecule has 0 bridgehead atoms. The van der Waals surface area contributed by atoms with Crippen LogP contribution in [0.3, 0.4) is 0 Å². The van der Waals surface area contributed by atoms with E-state index in [1.807, 2.05) is 6.07 Å². The van der Waals surface area contributed by atoms with Crippen LogP contribution >= 0.6 is 0 Å². The number of nitrogens with zero attached hydrogens (tertiary/aromatic N) is 1. The van der Waals surface area contributed by atoms with Crippen molar-refractivity contribution in [1.82, 2.24) is 10.9 Å². The first-order chi connectivity index (χ1) is 12.7. The van der Waals surface area contributed by atoms with Crippen LogP contribution in [0.5, 0.6) is 0 Å². The Morgan fingerprint density at radius 3 is 2.38 bits per heavy atom. The lowest BCUT2D eigenvalue weighted by Gasteiger charge is -2.33. The summed E-state index contributed by atoms with van der Waals surface area (Å²) >= 11 is 0. The molecule has 0 unspecified atom stereocenters. The zero-order valence-electron chi connectivity index (χ0n) is 15.5. The number of carbonyl (C=O) groups excluding carboxylic acids is 2. The molecule has 1 aliphatic heterocycles. The van der Waals surface area contributed by atoms with Crippen molar-refractivity contribution in [2.75, 3.05) is 37.6 Å². The molecule has 0 spiro atoms. The standard InChI is InChI=1S/C20H30N4O2/c25-19(21-22-20(26)17-7-3-1-4-8-17)11-12-23-13-15-24(16-14-23)18-9-5-2-6-10-18/h2,5-6,9-10,17H,1,3-4,7-8,11-16H2,(H,21,25)(H,22,26)/p+1. The number of benzene rings is 1. The molecule has 0 aromatic heterocycles. The Morgan fingerprint density at radius 1 is 1.00 bits per heavy atom. The van der Waals surface area contributed by atoms with Crippen LogP contribution in [0.4, 0.5) is 5.69 Å². The minimum Gasteiger partial charge on any atom is -0.360 e. The maximum atomic E-state index is 12.0. The van der Waals surface area contributed by atoms with E-state index < -0.39 is 0 Å². The number of nitrogens with one attached hydrogen (secondary N) is 3. The van der Waals surface area contributed by atoms with Crippen LogP contribution in [0.25, 0.3) is 0 Å². The highest BCUT2D eigenvalue weighted by atomic mass is 16.2. The Bertz CT molecular complexity index is 579. The average molecular weight is 359 g/mol. The minimum atomic E-state index is -0.0906. The van der Waals surface area contributed by atoms with E-state index in [0.29, 0.717) is 6.42 Å². The predicted octanol–water partition coefficient (Wildman–Crippen LogP) is 0.509. The third-order valence-electron chi connectivity index (χ3n) is 5.60. The van der Waals surface area contributed by atoms with Gasteiger partial charge >= 0.3 is 0 Å². The first kappa shape index (κ1) is 18.7. The first-order valence-electron chi connectivity index (χ1n) is 9.94. The molecule has 2 aliphatic rings. The number of quaternary nitrogens is 1. The van der Waals surface area contributed by atoms with Gasteiger partial charge in [0.05, 0.1) is 39.1 Å². The monoisotopic (exact) mass is 359 g/mol. The molecule has 2 fully saturated rings. The van der Waals surface area contributed by atoms with Gasteiger partial charge in [-0.15, -0.1) is 0 Å². The lowest BCUT2D eigenvalue weighted by atomic mass is 9.89. The van der Waals surface area contributed by atoms with Gasteiger partial charge in [-0.3, -0.25) is 20.4 Å². The van der Waals surface area contributed by atoms with Gasteiger partial charge in [0, 0.05) is 11.6 Å². The molecule has 1 heterocycles. The number of piperazine rings is 1. The Balaban J connectivity index is 1.31. The van der Waals surface area contributed by atoms with Crippen LogP contribution < -0.4 is 20.7 Å². The van der Waals surface area contributed by atoms with Gasteiger partial charge in [0.25, 0.3) is 0 Å². The quantitative estimate of drug-likeness (QED) is 0.671. The van der Waals surface area contributed by atoms with E-state index in [0.717, 1.165) is 58.4 Å². The summed E-state index contributed by atoms with van der Waals surface area (Å²) in [5.41, 5.74) is 6.48. The molecule has 142 valence electrons. The SMILES string of the molecule is O=C(CC[NH+]1CCN(c2ccccc2)CC1)NNC(=O)C1CCCCC1. The number of hydrazine groups is 1. The number of carbonyl (C=O) groups is 2. The molecule has 26 heavy (non-hydrogen) atoms. The fourth-order valence-electron chi connectivity index (χ4n) is 3.92. The van der Waals surface area contributed by atoms with Crippen molar-refractivity contribution < 1.29 is 14.5 Å². The van der Waals surface area contributed by atoms with E-state index in [2.05, 4.69) is 40.0 Å². The third-order valence-corrected chi connectivity index (χ3v) is 5.60. The molecule has 1 aromatic carbocycles. The Kier molecular flexibility index (Phi) is 6.89. The van der Waals surface area contributed by atoms with E-state index in [-0.39, 0.29) is 17.7 Å². The maximum Gasteiger partial charge on any atom is 0.244 e. The van der Waals surface area contributed by atoms with Crippen LogP contribution in [0.15, 0.2) is 30.3 Å². The van der Waals surface area contributed by atoms with E-state index in [1.165, 1.54) is 17.0 Å². The van der Waals surface area contributed by atoms with Crippen molar-refractivity contribution in [3.8, 4) is 0 Å². The molecular weight excluding hydrogens is 328 g/mol. The minimum absolute atomic E-state index is 0.0260. The van der Waals surface area contributed by atoms with Gasteiger partial charge in [-0.1, -0.05) is 37.5 Å². The smallest absolute Gasteiger partial charge is 0.244 e. The molecular formula is C20H31N4O2+. The summed E-state index contributed by atoms with van der Waals surface area (Å²) in [6.07, 6.45) is 5.78. The van der Waals surface area contributed by atoms with Crippen LogP contribution in [-0.2, 0) is 9.59 Å². The molecule has 3 rings (SSSR count). The van der Waals surface area contributed by atoms with Crippen molar-refractivity contribution in [1.29, 1.82) is 0 Å². The summed E-state index contributed by atoms with van der Waals surface area (Å²) in [6.45, 7) is 4.92. The summed E-state index contributed by atoms with van der Waals surface area (Å²) < 4.78 is 0. The molecule has 2 amide bonds. The van der Waals surface area contributed by atoms with Gasteiger partial charge < -0.3 is 9.80 Å². The zero-order chi connectivity index (χ0) is 18.2. The van der Waals surface area contributed by atoms with Gasteiger partial charge in [0.1, 0.15) is 0 Å². The molecule has 1 saturated heterocycles. The fourth-order valence-corrected chi connectivity index (χ4v) is 3.92. The first-order valence-corrected chi connectivity index (χ1v) is 9.94. The summed E-state index contributed by atoms with van der Waals surface area (Å²) in [5, 5.41) is 0. The highest BCUT2D eigenvalue weighted by molar-refractivity contribution is 5.83. The lowest BCUT2D eigenvalue weighted by molar-refractivity contribution is -0.900. The van der Waals surface area contributed by atoms with Gasteiger partial charge in [0.15, 0.2) is 0 Å². The topological polar surface area (TPSA) is 65.9 Å². The maximum absolute atomic E-state index is 12.0. The second-order valence-electron chi connectivity index (χ2n) is 7.44. The Labute approximate surface area is 155 Å². The van der Waals surface area contributed by atoms with Gasteiger partial charge in [-0.05, 0) is 25.0 Å². The van der Waals surface area contributed by atoms with Crippen LogP contribution in [0, 0.1) is 5.92 Å². The summed E-state index contributed by atoms with van der Waals surface area (Å²) in [6, 6.07) is 10.5. The molecule has 6 heteroatoms. The molecule has 0 atom stereocenters. The number of amides is 2. The number of rotatable bonds is 5. The van der Waals surface area contributed by atoms with E-state index in [4.69, 9.17) is 0 Å². The number of hydrogen-bond donors (Lipinski definition) is 3. The Morgan fingerprint density at radius 2 is 1.69 bits per heavy atom. The lowest BCUT2D eigenvalue weighted by Crippen LogP contribution is -3.15. The number of para-hydroxylation sites is 1. The second-order valence-corrected chi connectivity index (χ2v) is 7.44. The van der Waals surface area contributed by atoms with Crippen molar-refractivity contribution in [2.24, 2.45) is 5.92 Å². The number of hydrogen-bond acceptors (Lipinski definition) is 3. The van der Waals surface area contributed by atoms with Crippen molar-refractivity contribution >= 4 is 17.5 Å². The van der Waals surface area contributed by atoms with Crippen molar-refractivity contribution in [3.63, 3.8) is 0 Å². The molecule has 6 nitrogen and oxygen atoms in total. The summed E-state index contributed by atoms with van der Waals surface area (Å²) in [7, 11) is 0. The van der Waals surface area contributed by atoms with Gasteiger partial charge in [-0.25, -0.2) is 0 Å². The number of anilines is 1. The van der Waals surface area contributed by atoms with E-state index >= 15 is 0 Å². The third kappa shape index (κ3) is 5.46. The summed E-state index contributed by atoms with van der Waals surface area (Å²) in [5.74, 6) is -0.0465. The second kappa shape index (κ2) is 9.57. The van der Waals surface area contributed by atoms with Crippen molar-refractivity contribution in [2.45, 2.75) is 38.5 Å². The van der Waals surface area contributed by atoms with E-state index in [1.54, 1.807) is 0 Å². The Hall–Kier alpha value is -2.08. The molecule has 1 aliphatic carbocycles. The fraction of sp³-hybridized carbons (Fsp3) is 0.600. The summed E-state index contributed by atoms with van der Waals surface area (Å²) in [4.78, 5) is 27.9. The molecule has 0 radical (unpaired) electrons. The van der Waals surface area contributed by atoms with Gasteiger partial charge in [-0.2, -0.15) is 0 Å². The van der Waals surface area contributed by atoms with Crippen LogP contribution in [0.1, 0.15) is 38.5 Å². The molecule has 1 saturated carbocycles. The van der Waals surface area contributed by atoms with Gasteiger partial charge in [0.2, 0.25) is 11.8 Å². The zero-order valence-corrected chi connectivity index (χ0v) is 15.5. The van der Waals surface area contributed by atoms with Crippen LogP contribution in [0.2, 0.25) is 0 Å². The average Bonchev–Trinajstić information content (AvgIpc) is 2.72. The van der Waals surface area contributed by atoms with E-state index in [9.17, 15) is 9.59 Å². The predicted molar refractivity (Wildman–Crippen MR) is 102 cm³/mol.